The van der Waals surface area contributed by atoms with Gasteiger partial charge in [-0.3, -0.25) is 0 Å². The minimum atomic E-state index is -0.586. The molecule has 15 heavy (non-hydrogen) atoms. The maximum absolute atomic E-state index is 5.86. The zero-order valence-electron chi connectivity index (χ0n) is 9.06. The molecule has 1 aromatic heterocycles. The van der Waals surface area contributed by atoms with Crippen molar-refractivity contribution in [2.24, 2.45) is 5.73 Å². The van der Waals surface area contributed by atoms with Gasteiger partial charge in [0.2, 0.25) is 5.89 Å². The molecule has 0 unspecified atom stereocenters. The molecule has 6 heteroatoms. The third-order valence-electron chi connectivity index (χ3n) is 2.25. The number of aromatic nitrogens is 2. The van der Waals surface area contributed by atoms with E-state index in [2.05, 4.69) is 10.2 Å². The van der Waals surface area contributed by atoms with Crippen LogP contribution in [-0.2, 0) is 10.3 Å². The Morgan fingerprint density at radius 1 is 1.27 bits per heavy atom. The fourth-order valence-electron chi connectivity index (χ4n) is 1.36. The highest BCUT2D eigenvalue weighted by Gasteiger charge is 2.24. The standard InChI is InChI=1S/C9H16N4O2/c1-9(2,10)7-11-12-8(15-7)13-3-5-14-6-4-13/h3-6,10H2,1-2H3. The topological polar surface area (TPSA) is 77.4 Å². The monoisotopic (exact) mass is 212 g/mol. The number of rotatable bonds is 2. The lowest BCUT2D eigenvalue weighted by Gasteiger charge is -2.24. The zero-order valence-corrected chi connectivity index (χ0v) is 9.06. The Balaban J connectivity index is 2.12. The highest BCUT2D eigenvalue weighted by atomic mass is 16.5. The van der Waals surface area contributed by atoms with Crippen LogP contribution in [0.3, 0.4) is 0 Å². The van der Waals surface area contributed by atoms with Gasteiger partial charge in [0.1, 0.15) is 0 Å². The van der Waals surface area contributed by atoms with E-state index in [0.717, 1.165) is 13.1 Å². The summed E-state index contributed by atoms with van der Waals surface area (Å²) < 4.78 is 10.7. The molecule has 1 aliphatic heterocycles. The number of hydrogen-bond acceptors (Lipinski definition) is 6. The summed E-state index contributed by atoms with van der Waals surface area (Å²) in [5.74, 6) is 0.462. The normalized spacial score (nSPS) is 18.2. The second kappa shape index (κ2) is 3.79. The van der Waals surface area contributed by atoms with E-state index < -0.39 is 5.54 Å². The first-order valence-corrected chi connectivity index (χ1v) is 5.03. The van der Waals surface area contributed by atoms with E-state index in [4.69, 9.17) is 14.9 Å². The molecule has 2 N–H and O–H groups in total. The van der Waals surface area contributed by atoms with Crippen molar-refractivity contribution in [2.45, 2.75) is 19.4 Å². The van der Waals surface area contributed by atoms with Crippen LogP contribution < -0.4 is 10.6 Å². The minimum Gasteiger partial charge on any atom is -0.406 e. The van der Waals surface area contributed by atoms with Crippen LogP contribution in [0.15, 0.2) is 4.42 Å². The van der Waals surface area contributed by atoms with Crippen LogP contribution in [0.25, 0.3) is 0 Å². The van der Waals surface area contributed by atoms with Gasteiger partial charge in [-0.05, 0) is 13.8 Å². The number of hydrogen-bond donors (Lipinski definition) is 1. The molecule has 0 atom stereocenters. The lowest BCUT2D eigenvalue weighted by atomic mass is 10.1. The van der Waals surface area contributed by atoms with Gasteiger partial charge in [-0.1, -0.05) is 5.10 Å². The zero-order chi connectivity index (χ0) is 10.9. The van der Waals surface area contributed by atoms with Crippen molar-refractivity contribution in [1.29, 1.82) is 0 Å². The average Bonchev–Trinajstić information content (AvgIpc) is 2.67. The van der Waals surface area contributed by atoms with Crippen LogP contribution in [0.1, 0.15) is 19.7 Å². The van der Waals surface area contributed by atoms with Crippen LogP contribution in [0.4, 0.5) is 6.01 Å². The maximum atomic E-state index is 5.86. The molecule has 2 heterocycles. The van der Waals surface area contributed by atoms with E-state index in [0.29, 0.717) is 25.1 Å². The predicted octanol–water partition coefficient (Wildman–Crippen LogP) is 0.100. The largest absolute Gasteiger partial charge is 0.406 e. The highest BCUT2D eigenvalue weighted by Crippen LogP contribution is 2.20. The average molecular weight is 212 g/mol. The second-order valence-corrected chi connectivity index (χ2v) is 4.21. The third kappa shape index (κ3) is 2.27. The van der Waals surface area contributed by atoms with E-state index in [9.17, 15) is 0 Å². The van der Waals surface area contributed by atoms with Crippen molar-refractivity contribution in [1.82, 2.24) is 10.2 Å². The molecule has 0 radical (unpaired) electrons. The SMILES string of the molecule is CC(C)(N)c1nnc(N2CCOCC2)o1. The summed E-state index contributed by atoms with van der Waals surface area (Å²) in [6.07, 6.45) is 0. The van der Waals surface area contributed by atoms with Crippen molar-refractivity contribution in [2.75, 3.05) is 31.2 Å². The van der Waals surface area contributed by atoms with Gasteiger partial charge in [-0.15, -0.1) is 5.10 Å². The van der Waals surface area contributed by atoms with Crippen LogP contribution in [-0.4, -0.2) is 36.5 Å². The fraction of sp³-hybridized carbons (Fsp3) is 0.778. The number of ether oxygens (including phenoxy) is 1. The molecular weight excluding hydrogens is 196 g/mol. The molecular formula is C9H16N4O2. The van der Waals surface area contributed by atoms with E-state index in [-0.39, 0.29) is 0 Å². The van der Waals surface area contributed by atoms with E-state index in [1.807, 2.05) is 18.7 Å². The number of morpholine rings is 1. The van der Waals surface area contributed by atoms with Crippen molar-refractivity contribution in [3.8, 4) is 0 Å². The molecule has 0 amide bonds. The Kier molecular flexibility index (Phi) is 2.62. The quantitative estimate of drug-likeness (QED) is 0.749. The van der Waals surface area contributed by atoms with Crippen molar-refractivity contribution < 1.29 is 9.15 Å². The Hall–Kier alpha value is -1.14. The summed E-state index contributed by atoms with van der Waals surface area (Å²) in [5, 5.41) is 7.92. The predicted molar refractivity (Wildman–Crippen MR) is 54.5 cm³/mol. The molecule has 0 aromatic carbocycles. The molecule has 1 saturated heterocycles. The summed E-state index contributed by atoms with van der Waals surface area (Å²) >= 11 is 0. The molecule has 1 aliphatic rings. The molecule has 0 spiro atoms. The van der Waals surface area contributed by atoms with Gasteiger partial charge in [-0.2, -0.15) is 0 Å². The van der Waals surface area contributed by atoms with Gasteiger partial charge in [0, 0.05) is 13.1 Å². The Morgan fingerprint density at radius 2 is 1.93 bits per heavy atom. The first-order valence-electron chi connectivity index (χ1n) is 5.03. The lowest BCUT2D eigenvalue weighted by Crippen LogP contribution is -2.36. The summed E-state index contributed by atoms with van der Waals surface area (Å²) in [4.78, 5) is 2.01. The van der Waals surface area contributed by atoms with Crippen LogP contribution in [0.5, 0.6) is 0 Å². The molecule has 1 aromatic rings. The van der Waals surface area contributed by atoms with Gasteiger partial charge in [-0.25, -0.2) is 0 Å². The number of nitrogens with two attached hydrogens (primary N) is 1. The molecule has 0 saturated carbocycles. The van der Waals surface area contributed by atoms with Gasteiger partial charge >= 0.3 is 6.01 Å². The van der Waals surface area contributed by atoms with E-state index >= 15 is 0 Å². The second-order valence-electron chi connectivity index (χ2n) is 4.21. The highest BCUT2D eigenvalue weighted by molar-refractivity contribution is 5.25. The van der Waals surface area contributed by atoms with Crippen molar-refractivity contribution >= 4 is 6.01 Å². The summed E-state index contributed by atoms with van der Waals surface area (Å²) in [7, 11) is 0. The number of nitrogens with zero attached hydrogens (tertiary/aromatic N) is 3. The molecule has 1 fully saturated rings. The van der Waals surface area contributed by atoms with Crippen LogP contribution >= 0.6 is 0 Å². The molecule has 2 rings (SSSR count). The molecule has 84 valence electrons. The third-order valence-corrected chi connectivity index (χ3v) is 2.25. The molecule has 0 bridgehead atoms. The van der Waals surface area contributed by atoms with Gasteiger partial charge in [0.25, 0.3) is 0 Å². The smallest absolute Gasteiger partial charge is 0.318 e. The van der Waals surface area contributed by atoms with Gasteiger partial charge < -0.3 is 19.8 Å². The Labute approximate surface area is 88.4 Å². The van der Waals surface area contributed by atoms with Crippen molar-refractivity contribution in [3.05, 3.63) is 5.89 Å². The van der Waals surface area contributed by atoms with Gasteiger partial charge in [0.05, 0.1) is 18.8 Å². The minimum absolute atomic E-state index is 0.462. The van der Waals surface area contributed by atoms with Gasteiger partial charge in [0.15, 0.2) is 0 Å². The van der Waals surface area contributed by atoms with E-state index in [1.54, 1.807) is 0 Å². The summed E-state index contributed by atoms with van der Waals surface area (Å²) in [5.41, 5.74) is 5.27. The first kappa shape index (κ1) is 10.4. The Morgan fingerprint density at radius 3 is 2.47 bits per heavy atom. The first-order chi connectivity index (χ1) is 7.07. The fourth-order valence-corrected chi connectivity index (χ4v) is 1.36. The summed E-state index contributed by atoms with van der Waals surface area (Å²) in [6.45, 7) is 6.64. The van der Waals surface area contributed by atoms with Crippen LogP contribution in [0, 0.1) is 0 Å². The van der Waals surface area contributed by atoms with Crippen LogP contribution in [0.2, 0.25) is 0 Å². The molecule has 0 aliphatic carbocycles. The summed E-state index contributed by atoms with van der Waals surface area (Å²) in [6, 6.07) is 0.534. The maximum Gasteiger partial charge on any atom is 0.318 e. The van der Waals surface area contributed by atoms with Crippen molar-refractivity contribution in [3.63, 3.8) is 0 Å². The molecule has 6 nitrogen and oxygen atoms in total. The van der Waals surface area contributed by atoms with E-state index in [1.165, 1.54) is 0 Å². The lowest BCUT2D eigenvalue weighted by molar-refractivity contribution is 0.120. The Bertz CT molecular complexity index is 325. The number of anilines is 1.